The minimum Gasteiger partial charge on any atom is -0.468 e. The van der Waals surface area contributed by atoms with Gasteiger partial charge in [0.25, 0.3) is 0 Å². The van der Waals surface area contributed by atoms with E-state index in [0.29, 0.717) is 0 Å². The van der Waals surface area contributed by atoms with Crippen LogP contribution in [0, 0.1) is 6.92 Å². The maximum Gasteiger partial charge on any atom is 0.142 e. The SMILES string of the molecule is CCCNc1nc(CSc2ccoc2C)nc2sccc12. The molecule has 0 fully saturated rings. The van der Waals surface area contributed by atoms with Crippen LogP contribution in [0.1, 0.15) is 24.9 Å². The predicted molar refractivity (Wildman–Crippen MR) is 89.2 cm³/mol. The number of hydrogen-bond donors (Lipinski definition) is 1. The van der Waals surface area contributed by atoms with Crippen LogP contribution < -0.4 is 5.32 Å². The molecule has 4 nitrogen and oxygen atoms in total. The van der Waals surface area contributed by atoms with E-state index in [1.807, 2.05) is 13.0 Å². The monoisotopic (exact) mass is 319 g/mol. The van der Waals surface area contributed by atoms with Gasteiger partial charge in [-0.15, -0.1) is 23.1 Å². The summed E-state index contributed by atoms with van der Waals surface area (Å²) in [4.78, 5) is 11.5. The Bertz CT molecular complexity index is 735. The van der Waals surface area contributed by atoms with Crippen molar-refractivity contribution < 1.29 is 4.42 Å². The Kier molecular flexibility index (Phi) is 4.45. The van der Waals surface area contributed by atoms with E-state index in [4.69, 9.17) is 4.42 Å². The molecule has 0 amide bonds. The fourth-order valence-corrected chi connectivity index (χ4v) is 3.61. The topological polar surface area (TPSA) is 51.0 Å². The molecular formula is C15H17N3OS2. The third-order valence-corrected chi connectivity index (χ3v) is 5.03. The van der Waals surface area contributed by atoms with Gasteiger partial charge >= 0.3 is 0 Å². The highest BCUT2D eigenvalue weighted by molar-refractivity contribution is 7.98. The summed E-state index contributed by atoms with van der Waals surface area (Å²) in [7, 11) is 0. The number of nitrogens with one attached hydrogen (secondary N) is 1. The lowest BCUT2D eigenvalue weighted by atomic mass is 10.3. The van der Waals surface area contributed by atoms with Crippen LogP contribution in [0.4, 0.5) is 5.82 Å². The summed E-state index contributed by atoms with van der Waals surface area (Å²) in [6.07, 6.45) is 2.79. The van der Waals surface area contributed by atoms with Crippen molar-refractivity contribution in [2.45, 2.75) is 30.9 Å². The van der Waals surface area contributed by atoms with Crippen molar-refractivity contribution in [3.05, 3.63) is 35.4 Å². The molecule has 6 heteroatoms. The Morgan fingerprint density at radius 3 is 3.00 bits per heavy atom. The molecule has 0 unspecified atom stereocenters. The number of fused-ring (bicyclic) bond motifs is 1. The van der Waals surface area contributed by atoms with E-state index in [-0.39, 0.29) is 0 Å². The number of thioether (sulfide) groups is 1. The van der Waals surface area contributed by atoms with Crippen LogP contribution in [-0.2, 0) is 5.75 Å². The Hall–Kier alpha value is -1.53. The maximum absolute atomic E-state index is 5.32. The number of aryl methyl sites for hydroxylation is 1. The molecule has 110 valence electrons. The highest BCUT2D eigenvalue weighted by Gasteiger charge is 2.10. The third kappa shape index (κ3) is 3.22. The van der Waals surface area contributed by atoms with E-state index in [2.05, 4.69) is 33.7 Å². The van der Waals surface area contributed by atoms with Gasteiger partial charge in [0.1, 0.15) is 22.2 Å². The van der Waals surface area contributed by atoms with Crippen LogP contribution in [0.15, 0.2) is 33.1 Å². The number of anilines is 1. The summed E-state index contributed by atoms with van der Waals surface area (Å²) in [5.41, 5.74) is 0. The first kappa shape index (κ1) is 14.4. The Balaban J connectivity index is 1.83. The second kappa shape index (κ2) is 6.49. The van der Waals surface area contributed by atoms with Crippen LogP contribution in [-0.4, -0.2) is 16.5 Å². The lowest BCUT2D eigenvalue weighted by Gasteiger charge is -2.07. The molecule has 0 saturated carbocycles. The zero-order valence-corrected chi connectivity index (χ0v) is 13.7. The number of thiophene rings is 1. The van der Waals surface area contributed by atoms with Crippen LogP contribution >= 0.6 is 23.1 Å². The molecule has 0 radical (unpaired) electrons. The zero-order chi connectivity index (χ0) is 14.7. The smallest absolute Gasteiger partial charge is 0.142 e. The molecule has 0 saturated heterocycles. The van der Waals surface area contributed by atoms with Gasteiger partial charge in [-0.2, -0.15) is 0 Å². The van der Waals surface area contributed by atoms with Crippen LogP contribution in [0.3, 0.4) is 0 Å². The molecule has 0 bridgehead atoms. The summed E-state index contributed by atoms with van der Waals surface area (Å²) < 4.78 is 5.32. The van der Waals surface area contributed by atoms with Gasteiger partial charge < -0.3 is 9.73 Å². The van der Waals surface area contributed by atoms with Gasteiger partial charge in [-0.3, -0.25) is 0 Å². The number of furan rings is 1. The lowest BCUT2D eigenvalue weighted by Crippen LogP contribution is -2.05. The average Bonchev–Trinajstić information content (AvgIpc) is 3.11. The standard InChI is InChI=1S/C15H17N3OS2/c1-3-6-16-14-11-5-8-20-15(11)18-13(17-14)9-21-12-4-7-19-10(12)2/h4-5,7-8H,3,6,9H2,1-2H3,(H,16,17,18). The summed E-state index contributed by atoms with van der Waals surface area (Å²) in [6, 6.07) is 4.06. The molecule has 3 heterocycles. The third-order valence-electron chi connectivity index (χ3n) is 3.08. The quantitative estimate of drug-likeness (QED) is 0.667. The van der Waals surface area contributed by atoms with Crippen molar-refractivity contribution in [1.82, 2.24) is 9.97 Å². The van der Waals surface area contributed by atoms with Gasteiger partial charge in [0.15, 0.2) is 0 Å². The lowest BCUT2D eigenvalue weighted by molar-refractivity contribution is 0.527. The van der Waals surface area contributed by atoms with Gasteiger partial charge in [-0.1, -0.05) is 6.92 Å². The molecule has 0 aliphatic heterocycles. The van der Waals surface area contributed by atoms with E-state index >= 15 is 0 Å². The molecule has 3 rings (SSSR count). The fraction of sp³-hybridized carbons (Fsp3) is 0.333. The minimum atomic E-state index is 0.745. The predicted octanol–water partition coefficient (Wildman–Crippen LogP) is 4.71. The van der Waals surface area contributed by atoms with Crippen molar-refractivity contribution in [2.75, 3.05) is 11.9 Å². The van der Waals surface area contributed by atoms with Gasteiger partial charge in [0.05, 0.1) is 17.4 Å². The van der Waals surface area contributed by atoms with Crippen molar-refractivity contribution >= 4 is 39.1 Å². The van der Waals surface area contributed by atoms with Crippen LogP contribution in [0.2, 0.25) is 0 Å². The zero-order valence-electron chi connectivity index (χ0n) is 12.0. The fourth-order valence-electron chi connectivity index (χ4n) is 2.01. The Labute approximate surface area is 132 Å². The number of nitrogens with zero attached hydrogens (tertiary/aromatic N) is 2. The largest absolute Gasteiger partial charge is 0.468 e. The van der Waals surface area contributed by atoms with E-state index in [1.165, 1.54) is 0 Å². The summed E-state index contributed by atoms with van der Waals surface area (Å²) in [5, 5.41) is 6.57. The molecule has 3 aromatic rings. The molecule has 0 spiro atoms. The maximum atomic E-state index is 5.32. The van der Waals surface area contributed by atoms with Gasteiger partial charge in [-0.25, -0.2) is 9.97 Å². The van der Waals surface area contributed by atoms with Crippen molar-refractivity contribution in [2.24, 2.45) is 0 Å². The highest BCUT2D eigenvalue weighted by Crippen LogP contribution is 2.29. The Morgan fingerprint density at radius 2 is 2.24 bits per heavy atom. The van der Waals surface area contributed by atoms with Crippen molar-refractivity contribution in [3.63, 3.8) is 0 Å². The van der Waals surface area contributed by atoms with Gasteiger partial charge in [0.2, 0.25) is 0 Å². The molecular weight excluding hydrogens is 302 g/mol. The molecule has 0 aliphatic rings. The van der Waals surface area contributed by atoms with E-state index in [0.717, 1.165) is 51.2 Å². The van der Waals surface area contributed by atoms with Gasteiger partial charge in [-0.05, 0) is 30.9 Å². The Morgan fingerprint density at radius 1 is 1.33 bits per heavy atom. The number of hydrogen-bond acceptors (Lipinski definition) is 6. The van der Waals surface area contributed by atoms with E-state index in [1.54, 1.807) is 29.4 Å². The van der Waals surface area contributed by atoms with Crippen LogP contribution in [0.25, 0.3) is 10.2 Å². The van der Waals surface area contributed by atoms with Crippen molar-refractivity contribution in [1.29, 1.82) is 0 Å². The average molecular weight is 319 g/mol. The first-order chi connectivity index (χ1) is 10.3. The number of rotatable bonds is 6. The molecule has 1 N–H and O–H groups in total. The molecule has 0 atom stereocenters. The summed E-state index contributed by atoms with van der Waals surface area (Å²) in [5.74, 6) is 3.49. The normalized spacial score (nSPS) is 11.1. The van der Waals surface area contributed by atoms with Crippen LogP contribution in [0.5, 0.6) is 0 Å². The molecule has 21 heavy (non-hydrogen) atoms. The molecule has 3 aromatic heterocycles. The second-order valence-electron chi connectivity index (χ2n) is 4.68. The first-order valence-corrected chi connectivity index (χ1v) is 8.79. The summed E-state index contributed by atoms with van der Waals surface area (Å²) in [6.45, 7) is 5.05. The van der Waals surface area contributed by atoms with Gasteiger partial charge in [0, 0.05) is 11.4 Å². The molecule has 0 aromatic carbocycles. The first-order valence-electron chi connectivity index (χ1n) is 6.93. The highest BCUT2D eigenvalue weighted by atomic mass is 32.2. The van der Waals surface area contributed by atoms with E-state index in [9.17, 15) is 0 Å². The van der Waals surface area contributed by atoms with E-state index < -0.39 is 0 Å². The van der Waals surface area contributed by atoms with Crippen molar-refractivity contribution in [3.8, 4) is 0 Å². The molecule has 0 aliphatic carbocycles. The second-order valence-corrected chi connectivity index (χ2v) is 6.60. The summed E-state index contributed by atoms with van der Waals surface area (Å²) >= 11 is 3.37. The number of aromatic nitrogens is 2. The minimum absolute atomic E-state index is 0.745.